The van der Waals surface area contributed by atoms with Crippen LogP contribution in [0.2, 0.25) is 0 Å². The minimum atomic E-state index is 0.756. The molecule has 0 heterocycles. The van der Waals surface area contributed by atoms with Gasteiger partial charge < -0.3 is 0 Å². The third-order valence-electron chi connectivity index (χ3n) is 8.11. The van der Waals surface area contributed by atoms with Gasteiger partial charge in [0.1, 0.15) is 0 Å². The van der Waals surface area contributed by atoms with Crippen molar-refractivity contribution >= 4 is 0 Å². The third kappa shape index (κ3) is 8.88. The van der Waals surface area contributed by atoms with E-state index in [1.807, 2.05) is 0 Å². The Morgan fingerprint density at radius 3 is 2.00 bits per heavy atom. The average Bonchev–Trinajstić information content (AvgIpc) is 2.82. The molecule has 170 valence electrons. The van der Waals surface area contributed by atoms with Crippen LogP contribution in [-0.2, 0) is 6.42 Å². The minimum absolute atomic E-state index is 0.756. The van der Waals surface area contributed by atoms with Crippen molar-refractivity contribution in [2.75, 3.05) is 0 Å². The molecule has 0 unspecified atom stereocenters. The third-order valence-corrected chi connectivity index (χ3v) is 8.11. The predicted molar refractivity (Wildman–Crippen MR) is 136 cm³/mol. The number of allylic oxidation sites excluding steroid dienone is 2. The molecule has 0 aliphatic heterocycles. The van der Waals surface area contributed by atoms with Crippen molar-refractivity contribution in [3.63, 3.8) is 0 Å². The molecule has 0 radical (unpaired) electrons. The molecule has 0 saturated heterocycles. The topological polar surface area (TPSA) is 0 Å². The molecular weight excluding hydrogens is 372 g/mol. The fraction of sp³-hybridized carbons (Fsp3) is 0.677. The van der Waals surface area contributed by atoms with E-state index in [0.29, 0.717) is 0 Å². The lowest BCUT2D eigenvalue weighted by Crippen LogP contribution is -2.17. The number of benzene rings is 1. The Labute approximate surface area is 193 Å². The zero-order valence-electron chi connectivity index (χ0n) is 20.4. The van der Waals surface area contributed by atoms with Crippen molar-refractivity contribution in [3.8, 4) is 11.8 Å². The van der Waals surface area contributed by atoms with Gasteiger partial charge >= 0.3 is 0 Å². The zero-order chi connectivity index (χ0) is 21.7. The first kappa shape index (κ1) is 24.2. The van der Waals surface area contributed by atoms with E-state index < -0.39 is 0 Å². The van der Waals surface area contributed by atoms with Crippen LogP contribution < -0.4 is 0 Å². The maximum atomic E-state index is 3.31. The molecule has 0 heteroatoms. The molecule has 0 aromatic heterocycles. The summed E-state index contributed by atoms with van der Waals surface area (Å²) in [6, 6.07) is 8.87. The highest BCUT2D eigenvalue weighted by Crippen LogP contribution is 2.37. The van der Waals surface area contributed by atoms with E-state index in [1.165, 1.54) is 102 Å². The smallest absolute Gasteiger partial charge is 0.0249 e. The molecule has 2 fully saturated rings. The first-order chi connectivity index (χ1) is 15.3. The second-order valence-electron chi connectivity index (χ2n) is 10.4. The second kappa shape index (κ2) is 13.8. The molecule has 3 rings (SSSR count). The van der Waals surface area contributed by atoms with Crippen molar-refractivity contribution in [1.82, 2.24) is 0 Å². The molecule has 2 aliphatic rings. The summed E-state index contributed by atoms with van der Waals surface area (Å²) in [5, 5.41) is 0. The van der Waals surface area contributed by atoms with Gasteiger partial charge in [0, 0.05) is 5.56 Å². The SMILES string of the molecule is CCCCCc1ccc(C#C/C=C/C2CCC(CCC3CCC(CC)CC3)CC2)cc1. The highest BCUT2D eigenvalue weighted by atomic mass is 14.3. The summed E-state index contributed by atoms with van der Waals surface area (Å²) in [4.78, 5) is 0. The van der Waals surface area contributed by atoms with Crippen LogP contribution in [0.4, 0.5) is 0 Å². The molecule has 2 saturated carbocycles. The van der Waals surface area contributed by atoms with E-state index >= 15 is 0 Å². The van der Waals surface area contributed by atoms with Gasteiger partial charge in [-0.3, -0.25) is 0 Å². The molecule has 0 N–H and O–H groups in total. The van der Waals surface area contributed by atoms with E-state index in [0.717, 1.165) is 29.2 Å². The summed E-state index contributed by atoms with van der Waals surface area (Å²) in [5.41, 5.74) is 2.58. The first-order valence-corrected chi connectivity index (χ1v) is 13.5. The van der Waals surface area contributed by atoms with Gasteiger partial charge in [-0.2, -0.15) is 0 Å². The Balaban J connectivity index is 1.31. The molecule has 1 aromatic carbocycles. The van der Waals surface area contributed by atoms with Crippen LogP contribution in [0.1, 0.15) is 115 Å². The summed E-state index contributed by atoms with van der Waals surface area (Å²) in [7, 11) is 0. The Kier molecular flexibility index (Phi) is 10.8. The second-order valence-corrected chi connectivity index (χ2v) is 10.4. The van der Waals surface area contributed by atoms with E-state index in [4.69, 9.17) is 0 Å². The summed E-state index contributed by atoms with van der Waals surface area (Å²) in [6.07, 6.45) is 25.7. The van der Waals surface area contributed by atoms with Crippen molar-refractivity contribution in [2.24, 2.45) is 23.7 Å². The fourth-order valence-corrected chi connectivity index (χ4v) is 5.71. The largest absolute Gasteiger partial charge is 0.0730 e. The maximum Gasteiger partial charge on any atom is 0.0249 e. The van der Waals surface area contributed by atoms with Gasteiger partial charge in [0.2, 0.25) is 0 Å². The maximum absolute atomic E-state index is 3.31. The first-order valence-electron chi connectivity index (χ1n) is 13.5. The van der Waals surface area contributed by atoms with E-state index in [1.54, 1.807) is 0 Å². The molecule has 1 aromatic rings. The molecular formula is C31H46. The van der Waals surface area contributed by atoms with Crippen molar-refractivity contribution in [1.29, 1.82) is 0 Å². The van der Waals surface area contributed by atoms with Crippen LogP contribution in [0.25, 0.3) is 0 Å². The van der Waals surface area contributed by atoms with E-state index in [2.05, 4.69) is 62.1 Å². The van der Waals surface area contributed by atoms with Crippen molar-refractivity contribution < 1.29 is 0 Å². The summed E-state index contributed by atoms with van der Waals surface area (Å²) in [6.45, 7) is 4.63. The number of rotatable bonds is 9. The van der Waals surface area contributed by atoms with Crippen LogP contribution in [0.15, 0.2) is 36.4 Å². The highest BCUT2D eigenvalue weighted by Gasteiger charge is 2.23. The van der Waals surface area contributed by atoms with Crippen molar-refractivity contribution in [2.45, 2.75) is 110 Å². The van der Waals surface area contributed by atoms with Gasteiger partial charge in [-0.15, -0.1) is 0 Å². The summed E-state index contributed by atoms with van der Waals surface area (Å²) < 4.78 is 0. The lowest BCUT2D eigenvalue weighted by atomic mass is 9.75. The van der Waals surface area contributed by atoms with Crippen LogP contribution in [0.3, 0.4) is 0 Å². The minimum Gasteiger partial charge on any atom is -0.0730 e. The molecule has 0 spiro atoms. The number of aryl methyl sites for hydroxylation is 1. The normalized spacial score (nSPS) is 26.5. The Hall–Kier alpha value is -1.48. The zero-order valence-corrected chi connectivity index (χ0v) is 20.4. The van der Waals surface area contributed by atoms with E-state index in [9.17, 15) is 0 Å². The van der Waals surface area contributed by atoms with Gasteiger partial charge in [0.15, 0.2) is 0 Å². The highest BCUT2D eigenvalue weighted by molar-refractivity contribution is 5.38. The van der Waals surface area contributed by atoms with Crippen LogP contribution in [0, 0.1) is 35.5 Å². The summed E-state index contributed by atoms with van der Waals surface area (Å²) >= 11 is 0. The van der Waals surface area contributed by atoms with Crippen LogP contribution in [-0.4, -0.2) is 0 Å². The Bertz CT molecular complexity index is 682. The van der Waals surface area contributed by atoms with Gasteiger partial charge in [-0.1, -0.05) is 102 Å². The fourth-order valence-electron chi connectivity index (χ4n) is 5.71. The molecule has 0 nitrogen and oxygen atoms in total. The van der Waals surface area contributed by atoms with Crippen LogP contribution in [0.5, 0.6) is 0 Å². The standard InChI is InChI=1S/C31H46/c1-3-5-6-9-27-16-18-28(19-17-27)10-7-8-11-29-20-22-31(23-21-29)25-24-30-14-12-26(4-2)13-15-30/h8,11,16-19,26,29-31H,3-6,9,12-15,20-25H2,1-2H3/b11-8+. The Morgan fingerprint density at radius 1 is 0.774 bits per heavy atom. The predicted octanol–water partition coefficient (Wildman–Crippen LogP) is 9.13. The molecule has 2 aliphatic carbocycles. The number of hydrogen-bond donors (Lipinski definition) is 0. The van der Waals surface area contributed by atoms with Gasteiger partial charge in [-0.05, 0) is 86.0 Å². The monoisotopic (exact) mass is 418 g/mol. The molecule has 0 atom stereocenters. The molecule has 0 amide bonds. The van der Waals surface area contributed by atoms with Crippen molar-refractivity contribution in [3.05, 3.63) is 47.5 Å². The average molecular weight is 419 g/mol. The van der Waals surface area contributed by atoms with Crippen LogP contribution >= 0.6 is 0 Å². The Morgan fingerprint density at radius 2 is 1.39 bits per heavy atom. The quantitative estimate of drug-likeness (QED) is 0.277. The molecule has 31 heavy (non-hydrogen) atoms. The lowest BCUT2D eigenvalue weighted by Gasteiger charge is -2.31. The van der Waals surface area contributed by atoms with Gasteiger partial charge in [0.25, 0.3) is 0 Å². The summed E-state index contributed by atoms with van der Waals surface area (Å²) in [5.74, 6) is 10.4. The van der Waals surface area contributed by atoms with E-state index in [-0.39, 0.29) is 0 Å². The molecule has 0 bridgehead atoms. The lowest BCUT2D eigenvalue weighted by molar-refractivity contribution is 0.224. The van der Waals surface area contributed by atoms with Gasteiger partial charge in [0.05, 0.1) is 0 Å². The number of unbranched alkanes of at least 4 members (excludes halogenated alkanes) is 2. The number of hydrogen-bond acceptors (Lipinski definition) is 0. The van der Waals surface area contributed by atoms with Gasteiger partial charge in [-0.25, -0.2) is 0 Å².